The summed E-state index contributed by atoms with van der Waals surface area (Å²) in [7, 11) is 1.41. The summed E-state index contributed by atoms with van der Waals surface area (Å²) in [5, 5.41) is 36.4. The number of nitrogens with zero attached hydrogens (tertiary/aromatic N) is 4. The van der Waals surface area contributed by atoms with Gasteiger partial charge in [0, 0.05) is 30.8 Å². The Morgan fingerprint density at radius 1 is 1.23 bits per heavy atom. The normalized spacial score (nSPS) is 12.1. The maximum absolute atomic E-state index is 10.1. The standard InChI is InChI=1S/C15H20N8O3/c1-7(16)5-18-15-19-13(12-14(20-15)22-23-21-12)17-6-8-3-10(25)11(26-2)4-9(8)24/h3-4,7,24-25H,5-6,16H2,1-2H3,(H3,17,18,19,20,21,22,23). The number of ether oxygens (including phenoxy) is 1. The fourth-order valence-electron chi connectivity index (χ4n) is 2.29. The second-order valence-corrected chi connectivity index (χ2v) is 5.77. The molecule has 0 spiro atoms. The molecule has 0 aliphatic rings. The van der Waals surface area contributed by atoms with E-state index in [1.807, 2.05) is 6.92 Å². The van der Waals surface area contributed by atoms with Crippen molar-refractivity contribution in [2.24, 2.45) is 5.73 Å². The predicted molar refractivity (Wildman–Crippen MR) is 95.3 cm³/mol. The number of aromatic amines is 1. The van der Waals surface area contributed by atoms with Gasteiger partial charge in [-0.3, -0.25) is 0 Å². The van der Waals surface area contributed by atoms with Gasteiger partial charge in [-0.15, -0.1) is 5.10 Å². The lowest BCUT2D eigenvalue weighted by atomic mass is 10.1. The third-order valence-corrected chi connectivity index (χ3v) is 3.60. The molecule has 0 bridgehead atoms. The summed E-state index contributed by atoms with van der Waals surface area (Å²) in [6, 6.07) is 2.69. The highest BCUT2D eigenvalue weighted by molar-refractivity contribution is 5.83. The maximum atomic E-state index is 10.1. The Kier molecular flexibility index (Phi) is 4.89. The molecule has 11 nitrogen and oxygen atoms in total. The van der Waals surface area contributed by atoms with Crippen LogP contribution < -0.4 is 21.1 Å². The van der Waals surface area contributed by atoms with Crippen molar-refractivity contribution < 1.29 is 14.9 Å². The first-order chi connectivity index (χ1) is 12.5. The summed E-state index contributed by atoms with van der Waals surface area (Å²) in [6.07, 6.45) is 0. The molecule has 2 aromatic heterocycles. The van der Waals surface area contributed by atoms with Crippen LogP contribution in [0.3, 0.4) is 0 Å². The first-order valence-electron chi connectivity index (χ1n) is 7.89. The van der Waals surface area contributed by atoms with Crippen molar-refractivity contribution in [2.45, 2.75) is 19.5 Å². The second kappa shape index (κ2) is 7.27. The molecule has 0 aliphatic heterocycles. The molecule has 138 valence electrons. The van der Waals surface area contributed by atoms with Crippen LogP contribution in [-0.4, -0.2) is 55.3 Å². The number of hydrogen-bond donors (Lipinski definition) is 6. The van der Waals surface area contributed by atoms with Gasteiger partial charge >= 0.3 is 0 Å². The van der Waals surface area contributed by atoms with Gasteiger partial charge in [0.2, 0.25) is 5.95 Å². The molecule has 1 aromatic carbocycles. The SMILES string of the molecule is COc1cc(O)c(CNc2nc(NCC(C)N)nc3[nH]nnc23)cc1O. The van der Waals surface area contributed by atoms with E-state index in [1.165, 1.54) is 19.2 Å². The Morgan fingerprint density at radius 2 is 2.04 bits per heavy atom. The molecule has 0 aliphatic carbocycles. The van der Waals surface area contributed by atoms with E-state index in [0.717, 1.165) is 0 Å². The van der Waals surface area contributed by atoms with Crippen molar-refractivity contribution in [3.05, 3.63) is 17.7 Å². The molecule has 1 unspecified atom stereocenters. The van der Waals surface area contributed by atoms with Gasteiger partial charge in [0.05, 0.1) is 7.11 Å². The Bertz CT molecular complexity index is 911. The fourth-order valence-corrected chi connectivity index (χ4v) is 2.29. The second-order valence-electron chi connectivity index (χ2n) is 5.77. The Hall–Kier alpha value is -3.34. The number of rotatable bonds is 7. The number of fused-ring (bicyclic) bond motifs is 1. The lowest BCUT2D eigenvalue weighted by molar-refractivity contribution is 0.367. The van der Waals surface area contributed by atoms with Gasteiger partial charge in [-0.2, -0.15) is 9.97 Å². The van der Waals surface area contributed by atoms with E-state index in [1.54, 1.807) is 0 Å². The lowest BCUT2D eigenvalue weighted by Crippen LogP contribution is -2.26. The number of anilines is 2. The van der Waals surface area contributed by atoms with Crippen LogP contribution in [0.4, 0.5) is 11.8 Å². The number of benzene rings is 1. The van der Waals surface area contributed by atoms with Crippen molar-refractivity contribution in [1.29, 1.82) is 0 Å². The van der Waals surface area contributed by atoms with Gasteiger partial charge in [0.1, 0.15) is 5.75 Å². The minimum absolute atomic E-state index is 0.0205. The monoisotopic (exact) mass is 360 g/mol. The van der Waals surface area contributed by atoms with Gasteiger partial charge in [-0.05, 0) is 13.0 Å². The zero-order valence-corrected chi connectivity index (χ0v) is 14.3. The Labute approximate surface area is 148 Å². The van der Waals surface area contributed by atoms with E-state index in [2.05, 4.69) is 36.0 Å². The number of methoxy groups -OCH3 is 1. The van der Waals surface area contributed by atoms with Crippen molar-refractivity contribution in [3.8, 4) is 17.2 Å². The van der Waals surface area contributed by atoms with Crippen LogP contribution in [0.2, 0.25) is 0 Å². The minimum Gasteiger partial charge on any atom is -0.507 e. The van der Waals surface area contributed by atoms with Crippen LogP contribution in [0.15, 0.2) is 12.1 Å². The Balaban J connectivity index is 1.84. The van der Waals surface area contributed by atoms with E-state index in [-0.39, 0.29) is 29.8 Å². The zero-order valence-electron chi connectivity index (χ0n) is 14.3. The quantitative estimate of drug-likeness (QED) is 0.327. The van der Waals surface area contributed by atoms with E-state index in [4.69, 9.17) is 10.5 Å². The smallest absolute Gasteiger partial charge is 0.226 e. The van der Waals surface area contributed by atoms with Gasteiger partial charge in [0.15, 0.2) is 28.5 Å². The molecular formula is C15H20N8O3. The van der Waals surface area contributed by atoms with Crippen LogP contribution in [-0.2, 0) is 6.54 Å². The average Bonchev–Trinajstić information content (AvgIpc) is 3.08. The van der Waals surface area contributed by atoms with Gasteiger partial charge in [0.25, 0.3) is 0 Å². The van der Waals surface area contributed by atoms with Crippen LogP contribution >= 0.6 is 0 Å². The third kappa shape index (κ3) is 3.67. The van der Waals surface area contributed by atoms with Crippen LogP contribution in [0.1, 0.15) is 12.5 Å². The number of aromatic nitrogens is 5. The van der Waals surface area contributed by atoms with E-state index in [9.17, 15) is 10.2 Å². The molecule has 0 saturated heterocycles. The van der Waals surface area contributed by atoms with E-state index in [0.29, 0.717) is 35.0 Å². The van der Waals surface area contributed by atoms with Gasteiger partial charge < -0.3 is 31.3 Å². The number of nitrogens with one attached hydrogen (secondary N) is 3. The highest BCUT2D eigenvalue weighted by Gasteiger charge is 2.13. The summed E-state index contributed by atoms with van der Waals surface area (Å²) in [4.78, 5) is 8.64. The first kappa shape index (κ1) is 17.5. The molecule has 0 fully saturated rings. The molecule has 26 heavy (non-hydrogen) atoms. The summed E-state index contributed by atoms with van der Waals surface area (Å²) < 4.78 is 4.96. The summed E-state index contributed by atoms with van der Waals surface area (Å²) >= 11 is 0. The van der Waals surface area contributed by atoms with Crippen LogP contribution in [0, 0.1) is 0 Å². The number of H-pyrrole nitrogens is 1. The molecule has 0 amide bonds. The molecule has 1 atom stereocenters. The van der Waals surface area contributed by atoms with Gasteiger partial charge in [-0.25, -0.2) is 5.10 Å². The molecule has 3 rings (SSSR count). The first-order valence-corrected chi connectivity index (χ1v) is 7.89. The number of aromatic hydroxyl groups is 2. The van der Waals surface area contributed by atoms with Crippen LogP contribution in [0.5, 0.6) is 17.2 Å². The van der Waals surface area contributed by atoms with Crippen LogP contribution in [0.25, 0.3) is 11.2 Å². The average molecular weight is 360 g/mol. The molecule has 7 N–H and O–H groups in total. The zero-order chi connectivity index (χ0) is 18.7. The predicted octanol–water partition coefficient (Wildman–Crippen LogP) is 0.539. The van der Waals surface area contributed by atoms with Crippen molar-refractivity contribution in [1.82, 2.24) is 25.4 Å². The number of phenols is 2. The van der Waals surface area contributed by atoms with E-state index < -0.39 is 0 Å². The highest BCUT2D eigenvalue weighted by Crippen LogP contribution is 2.33. The topological polar surface area (TPSA) is 167 Å². The van der Waals surface area contributed by atoms with Gasteiger partial charge in [-0.1, -0.05) is 5.21 Å². The van der Waals surface area contributed by atoms with Crippen molar-refractivity contribution in [3.63, 3.8) is 0 Å². The maximum Gasteiger partial charge on any atom is 0.226 e. The lowest BCUT2D eigenvalue weighted by Gasteiger charge is -2.12. The molecule has 0 saturated carbocycles. The summed E-state index contributed by atoms with van der Waals surface area (Å²) in [5.74, 6) is 0.883. The number of nitrogens with two attached hydrogens (primary N) is 1. The Morgan fingerprint density at radius 3 is 2.77 bits per heavy atom. The molecule has 11 heteroatoms. The van der Waals surface area contributed by atoms with E-state index >= 15 is 0 Å². The number of phenolic OH excluding ortho intramolecular Hbond substituents is 2. The minimum atomic E-state index is -0.0735. The summed E-state index contributed by atoms with van der Waals surface area (Å²) in [5.41, 5.74) is 7.10. The largest absolute Gasteiger partial charge is 0.507 e. The third-order valence-electron chi connectivity index (χ3n) is 3.60. The molecule has 3 aromatic rings. The van der Waals surface area contributed by atoms with Crippen molar-refractivity contribution in [2.75, 3.05) is 24.3 Å². The number of hydrogen-bond acceptors (Lipinski definition) is 10. The molecule has 2 heterocycles. The molecular weight excluding hydrogens is 340 g/mol. The van der Waals surface area contributed by atoms with Crippen molar-refractivity contribution >= 4 is 22.9 Å². The summed E-state index contributed by atoms with van der Waals surface area (Å²) in [6.45, 7) is 2.55. The highest BCUT2D eigenvalue weighted by atomic mass is 16.5. The fraction of sp³-hybridized carbons (Fsp3) is 0.333. The molecule has 0 radical (unpaired) electrons.